The van der Waals surface area contributed by atoms with Gasteiger partial charge in [0.25, 0.3) is 0 Å². The molecule has 3 aromatic rings. The summed E-state index contributed by atoms with van der Waals surface area (Å²) in [5.41, 5.74) is 1.55. The van der Waals surface area contributed by atoms with Gasteiger partial charge in [0.05, 0.1) is 18.0 Å². The molecule has 0 bridgehead atoms. The molecule has 1 heterocycles. The van der Waals surface area contributed by atoms with Crippen LogP contribution in [-0.4, -0.2) is 20.1 Å². The SMILES string of the molecule is CCC(O)c1cn(-c2ccc(Br)c3ccccc23)nn1. The largest absolute Gasteiger partial charge is 0.387 e. The number of hydrogen-bond donors (Lipinski definition) is 1. The number of fused-ring (bicyclic) bond motifs is 1. The van der Waals surface area contributed by atoms with Crippen LogP contribution in [0, 0.1) is 0 Å². The summed E-state index contributed by atoms with van der Waals surface area (Å²) in [7, 11) is 0. The lowest BCUT2D eigenvalue weighted by Gasteiger charge is -2.07. The Bertz CT molecular complexity index is 754. The van der Waals surface area contributed by atoms with Crippen molar-refractivity contribution < 1.29 is 5.11 Å². The summed E-state index contributed by atoms with van der Waals surface area (Å²) in [5, 5.41) is 20.2. The monoisotopic (exact) mass is 331 g/mol. The molecule has 1 atom stereocenters. The molecular formula is C15H14BrN3O. The van der Waals surface area contributed by atoms with Crippen molar-refractivity contribution in [3.63, 3.8) is 0 Å². The minimum Gasteiger partial charge on any atom is -0.387 e. The molecule has 0 spiro atoms. The zero-order chi connectivity index (χ0) is 14.1. The van der Waals surface area contributed by atoms with E-state index in [2.05, 4.69) is 32.3 Å². The Morgan fingerprint density at radius 2 is 1.95 bits per heavy atom. The second kappa shape index (κ2) is 5.34. The van der Waals surface area contributed by atoms with Crippen molar-refractivity contribution in [1.82, 2.24) is 15.0 Å². The van der Waals surface area contributed by atoms with Crippen LogP contribution < -0.4 is 0 Å². The minimum absolute atomic E-state index is 0.564. The Balaban J connectivity index is 2.15. The fourth-order valence-electron chi connectivity index (χ4n) is 2.20. The number of aromatic nitrogens is 3. The van der Waals surface area contributed by atoms with E-state index in [1.165, 1.54) is 0 Å². The maximum absolute atomic E-state index is 9.82. The predicted molar refractivity (Wildman–Crippen MR) is 81.8 cm³/mol. The van der Waals surface area contributed by atoms with E-state index in [1.54, 1.807) is 10.9 Å². The maximum atomic E-state index is 9.82. The van der Waals surface area contributed by atoms with E-state index in [0.29, 0.717) is 12.1 Å². The molecule has 1 N–H and O–H groups in total. The van der Waals surface area contributed by atoms with Gasteiger partial charge in [-0.2, -0.15) is 0 Å². The number of halogens is 1. The summed E-state index contributed by atoms with van der Waals surface area (Å²) in [4.78, 5) is 0. The molecule has 0 aliphatic carbocycles. The molecule has 5 heteroatoms. The van der Waals surface area contributed by atoms with Crippen LogP contribution in [0.2, 0.25) is 0 Å². The van der Waals surface area contributed by atoms with Crippen molar-refractivity contribution in [3.05, 3.63) is 52.8 Å². The molecule has 0 saturated heterocycles. The maximum Gasteiger partial charge on any atom is 0.112 e. The summed E-state index contributed by atoms with van der Waals surface area (Å²) in [6.07, 6.45) is 1.84. The number of benzene rings is 2. The second-order valence-electron chi connectivity index (χ2n) is 4.62. The van der Waals surface area contributed by atoms with Gasteiger partial charge < -0.3 is 5.11 Å². The lowest BCUT2D eigenvalue weighted by molar-refractivity contribution is 0.169. The van der Waals surface area contributed by atoms with E-state index >= 15 is 0 Å². The molecule has 2 aromatic carbocycles. The van der Waals surface area contributed by atoms with E-state index < -0.39 is 6.10 Å². The first-order valence-corrected chi connectivity index (χ1v) is 7.28. The topological polar surface area (TPSA) is 50.9 Å². The molecule has 0 aliphatic heterocycles. The zero-order valence-electron chi connectivity index (χ0n) is 11.0. The Morgan fingerprint density at radius 3 is 2.70 bits per heavy atom. The molecule has 20 heavy (non-hydrogen) atoms. The van der Waals surface area contributed by atoms with Gasteiger partial charge in [-0.15, -0.1) is 5.10 Å². The smallest absolute Gasteiger partial charge is 0.112 e. The molecular weight excluding hydrogens is 318 g/mol. The lowest BCUT2D eigenvalue weighted by Crippen LogP contribution is -1.96. The second-order valence-corrected chi connectivity index (χ2v) is 5.48. The van der Waals surface area contributed by atoms with E-state index in [0.717, 1.165) is 20.9 Å². The number of aliphatic hydroxyl groups excluding tert-OH is 1. The van der Waals surface area contributed by atoms with Crippen molar-refractivity contribution in [1.29, 1.82) is 0 Å². The fourth-order valence-corrected chi connectivity index (χ4v) is 2.68. The van der Waals surface area contributed by atoms with Gasteiger partial charge in [0.1, 0.15) is 5.69 Å². The summed E-state index contributed by atoms with van der Waals surface area (Å²) in [6, 6.07) is 12.1. The molecule has 1 aromatic heterocycles. The van der Waals surface area contributed by atoms with Gasteiger partial charge in [0.15, 0.2) is 0 Å². The van der Waals surface area contributed by atoms with Crippen molar-refractivity contribution in [3.8, 4) is 5.69 Å². The first kappa shape index (κ1) is 13.3. The van der Waals surface area contributed by atoms with Crippen LogP contribution in [0.1, 0.15) is 25.1 Å². The third kappa shape index (κ3) is 2.23. The zero-order valence-corrected chi connectivity index (χ0v) is 12.6. The number of aliphatic hydroxyl groups is 1. The van der Waals surface area contributed by atoms with E-state index in [9.17, 15) is 5.11 Å². The molecule has 0 fully saturated rings. The quantitative estimate of drug-likeness (QED) is 0.797. The molecule has 1 unspecified atom stereocenters. The highest BCUT2D eigenvalue weighted by molar-refractivity contribution is 9.10. The number of hydrogen-bond acceptors (Lipinski definition) is 3. The lowest BCUT2D eigenvalue weighted by atomic mass is 10.1. The van der Waals surface area contributed by atoms with Crippen LogP contribution in [0.3, 0.4) is 0 Å². The summed E-state index contributed by atoms with van der Waals surface area (Å²) >= 11 is 3.56. The van der Waals surface area contributed by atoms with Gasteiger partial charge >= 0.3 is 0 Å². The van der Waals surface area contributed by atoms with Gasteiger partial charge in [0.2, 0.25) is 0 Å². The van der Waals surface area contributed by atoms with Crippen LogP contribution in [-0.2, 0) is 0 Å². The minimum atomic E-state index is -0.564. The normalized spacial score (nSPS) is 12.8. The predicted octanol–water partition coefficient (Wildman–Crippen LogP) is 3.63. The van der Waals surface area contributed by atoms with E-state index in [-0.39, 0.29) is 0 Å². The Morgan fingerprint density at radius 1 is 1.20 bits per heavy atom. The third-order valence-corrected chi connectivity index (χ3v) is 4.03. The van der Waals surface area contributed by atoms with Gasteiger partial charge in [0, 0.05) is 9.86 Å². The Kier molecular flexibility index (Phi) is 3.54. The summed E-state index contributed by atoms with van der Waals surface area (Å²) in [5.74, 6) is 0. The molecule has 0 aliphatic rings. The van der Waals surface area contributed by atoms with Crippen LogP contribution in [0.5, 0.6) is 0 Å². The van der Waals surface area contributed by atoms with Crippen molar-refractivity contribution in [2.45, 2.75) is 19.4 Å². The van der Waals surface area contributed by atoms with Gasteiger partial charge in [-0.3, -0.25) is 0 Å². The number of rotatable bonds is 3. The Labute approximate surface area is 125 Å². The Hall–Kier alpha value is -1.72. The highest BCUT2D eigenvalue weighted by atomic mass is 79.9. The fraction of sp³-hybridized carbons (Fsp3) is 0.200. The highest BCUT2D eigenvalue weighted by Crippen LogP contribution is 2.29. The van der Waals surface area contributed by atoms with Crippen molar-refractivity contribution in [2.24, 2.45) is 0 Å². The van der Waals surface area contributed by atoms with Gasteiger partial charge in [-0.25, -0.2) is 4.68 Å². The first-order valence-electron chi connectivity index (χ1n) is 6.48. The van der Waals surface area contributed by atoms with Crippen LogP contribution in [0.15, 0.2) is 47.1 Å². The highest BCUT2D eigenvalue weighted by Gasteiger charge is 2.12. The molecule has 0 amide bonds. The van der Waals surface area contributed by atoms with Crippen LogP contribution >= 0.6 is 15.9 Å². The molecule has 3 rings (SSSR count). The van der Waals surface area contributed by atoms with Crippen LogP contribution in [0.4, 0.5) is 0 Å². The average molecular weight is 332 g/mol. The number of nitrogens with zero attached hydrogens (tertiary/aromatic N) is 3. The standard InChI is InChI=1S/C15H14BrN3O/c1-2-15(20)13-9-19(18-17-13)14-8-7-12(16)10-5-3-4-6-11(10)14/h3-9,15,20H,2H2,1H3. The van der Waals surface area contributed by atoms with E-state index in [1.807, 2.05) is 37.3 Å². The van der Waals surface area contributed by atoms with Crippen molar-refractivity contribution in [2.75, 3.05) is 0 Å². The summed E-state index contributed by atoms with van der Waals surface area (Å²) in [6.45, 7) is 1.92. The third-order valence-electron chi connectivity index (χ3n) is 3.33. The first-order chi connectivity index (χ1) is 9.70. The average Bonchev–Trinajstić information content (AvgIpc) is 2.97. The van der Waals surface area contributed by atoms with Gasteiger partial charge in [-0.05, 0) is 23.9 Å². The molecule has 0 radical (unpaired) electrons. The van der Waals surface area contributed by atoms with E-state index in [4.69, 9.17) is 0 Å². The van der Waals surface area contributed by atoms with Gasteiger partial charge in [-0.1, -0.05) is 52.3 Å². The molecule has 102 valence electrons. The molecule has 4 nitrogen and oxygen atoms in total. The van der Waals surface area contributed by atoms with Crippen molar-refractivity contribution >= 4 is 26.7 Å². The summed E-state index contributed by atoms with van der Waals surface area (Å²) < 4.78 is 2.76. The van der Waals surface area contributed by atoms with Crippen LogP contribution in [0.25, 0.3) is 16.5 Å². The molecule has 0 saturated carbocycles.